The molecule has 2 N–H and O–H groups in total. The lowest BCUT2D eigenvalue weighted by molar-refractivity contribution is -0.132. The summed E-state index contributed by atoms with van der Waals surface area (Å²) in [5, 5.41) is 5.19. The lowest BCUT2D eigenvalue weighted by atomic mass is 10.1. The van der Waals surface area contributed by atoms with Crippen molar-refractivity contribution >= 4 is 23.4 Å². The highest BCUT2D eigenvalue weighted by Gasteiger charge is 2.17. The SMILES string of the molecule is Cc1cc(C)c(NC(=O)CN(C)C(=O)CNC(=O)c2ccccc2F)c(C)c1. The number of nitrogens with zero attached hydrogens (tertiary/aromatic N) is 1. The van der Waals surface area contributed by atoms with Gasteiger partial charge in [-0.05, 0) is 44.0 Å². The van der Waals surface area contributed by atoms with Crippen LogP contribution in [0.5, 0.6) is 0 Å². The molecule has 0 saturated carbocycles. The molecule has 6 nitrogen and oxygen atoms in total. The van der Waals surface area contributed by atoms with Gasteiger partial charge in [-0.2, -0.15) is 0 Å². The number of benzene rings is 2. The first-order chi connectivity index (χ1) is 13.2. The number of aryl methyl sites for hydroxylation is 3. The maximum Gasteiger partial charge on any atom is 0.254 e. The summed E-state index contributed by atoms with van der Waals surface area (Å²) in [5.41, 5.74) is 3.57. The van der Waals surface area contributed by atoms with Gasteiger partial charge in [0.05, 0.1) is 18.7 Å². The third kappa shape index (κ3) is 5.39. The topological polar surface area (TPSA) is 78.5 Å². The molecule has 0 aliphatic carbocycles. The van der Waals surface area contributed by atoms with E-state index in [0.717, 1.165) is 22.4 Å². The van der Waals surface area contributed by atoms with Crippen LogP contribution in [0.1, 0.15) is 27.0 Å². The molecule has 0 unspecified atom stereocenters. The molecule has 0 heterocycles. The molecule has 28 heavy (non-hydrogen) atoms. The normalized spacial score (nSPS) is 10.3. The average Bonchev–Trinajstić information content (AvgIpc) is 2.62. The Morgan fingerprint density at radius 2 is 1.64 bits per heavy atom. The second-order valence-corrected chi connectivity index (χ2v) is 6.73. The summed E-state index contributed by atoms with van der Waals surface area (Å²) in [5.74, 6) is -2.15. The molecule has 0 bridgehead atoms. The van der Waals surface area contributed by atoms with Crippen LogP contribution in [0.25, 0.3) is 0 Å². The van der Waals surface area contributed by atoms with Gasteiger partial charge in [0.15, 0.2) is 0 Å². The summed E-state index contributed by atoms with van der Waals surface area (Å²) in [4.78, 5) is 37.6. The molecule has 0 aromatic heterocycles. The van der Waals surface area contributed by atoms with Gasteiger partial charge in [-0.25, -0.2) is 4.39 Å². The van der Waals surface area contributed by atoms with Gasteiger partial charge in [0, 0.05) is 12.7 Å². The zero-order chi connectivity index (χ0) is 20.8. The predicted molar refractivity (Wildman–Crippen MR) is 106 cm³/mol. The van der Waals surface area contributed by atoms with E-state index in [1.807, 2.05) is 32.9 Å². The Kier molecular flexibility index (Phi) is 6.87. The van der Waals surface area contributed by atoms with Crippen molar-refractivity contribution in [3.63, 3.8) is 0 Å². The van der Waals surface area contributed by atoms with Crippen molar-refractivity contribution in [2.24, 2.45) is 0 Å². The van der Waals surface area contributed by atoms with Gasteiger partial charge in [-0.3, -0.25) is 14.4 Å². The molecule has 0 atom stereocenters. The summed E-state index contributed by atoms with van der Waals surface area (Å²) >= 11 is 0. The van der Waals surface area contributed by atoms with E-state index >= 15 is 0 Å². The third-order valence-corrected chi connectivity index (χ3v) is 4.27. The first-order valence-electron chi connectivity index (χ1n) is 8.83. The largest absolute Gasteiger partial charge is 0.343 e. The molecule has 7 heteroatoms. The Hall–Kier alpha value is -3.22. The Bertz CT molecular complexity index is 889. The molecular weight excluding hydrogens is 361 g/mol. The van der Waals surface area contributed by atoms with E-state index in [-0.39, 0.29) is 24.6 Å². The number of carbonyl (C=O) groups is 3. The van der Waals surface area contributed by atoms with Crippen molar-refractivity contribution in [2.45, 2.75) is 20.8 Å². The Morgan fingerprint density at radius 1 is 1.04 bits per heavy atom. The number of halogens is 1. The van der Waals surface area contributed by atoms with Gasteiger partial charge < -0.3 is 15.5 Å². The van der Waals surface area contributed by atoms with E-state index in [1.165, 1.54) is 36.2 Å². The molecule has 2 rings (SSSR count). The molecule has 0 aliphatic rings. The Labute approximate surface area is 163 Å². The van der Waals surface area contributed by atoms with E-state index in [4.69, 9.17) is 0 Å². The standard InChI is InChI=1S/C21H24FN3O3/c1-13-9-14(2)20(15(3)10-13)24-18(26)12-25(4)19(27)11-23-21(28)16-7-5-6-8-17(16)22/h5-10H,11-12H2,1-4H3,(H,23,28)(H,24,26). The maximum atomic E-state index is 13.6. The van der Waals surface area contributed by atoms with Crippen LogP contribution in [0, 0.1) is 26.6 Å². The zero-order valence-electron chi connectivity index (χ0n) is 16.4. The third-order valence-electron chi connectivity index (χ3n) is 4.27. The number of rotatable bonds is 6. The van der Waals surface area contributed by atoms with Crippen LogP contribution in [0.3, 0.4) is 0 Å². The molecule has 0 saturated heterocycles. The van der Waals surface area contributed by atoms with E-state index in [2.05, 4.69) is 10.6 Å². The summed E-state index contributed by atoms with van der Waals surface area (Å²) in [6, 6.07) is 9.44. The highest BCUT2D eigenvalue weighted by molar-refractivity contribution is 5.98. The quantitative estimate of drug-likeness (QED) is 0.802. The Balaban J connectivity index is 1.89. The second-order valence-electron chi connectivity index (χ2n) is 6.73. The molecule has 0 radical (unpaired) electrons. The van der Waals surface area contributed by atoms with Crippen LogP contribution in [-0.2, 0) is 9.59 Å². The summed E-state index contributed by atoms with van der Waals surface area (Å²) in [6.07, 6.45) is 0. The molecule has 3 amide bonds. The molecule has 0 fully saturated rings. The molecular formula is C21H24FN3O3. The number of likely N-dealkylation sites (N-methyl/N-ethyl adjacent to an activating group) is 1. The minimum atomic E-state index is -0.685. The van der Waals surface area contributed by atoms with E-state index in [9.17, 15) is 18.8 Å². The number of amides is 3. The molecule has 148 valence electrons. The van der Waals surface area contributed by atoms with Gasteiger partial charge in [-0.15, -0.1) is 0 Å². The van der Waals surface area contributed by atoms with Crippen molar-refractivity contribution in [2.75, 3.05) is 25.5 Å². The minimum absolute atomic E-state index is 0.138. The first kappa shape index (κ1) is 21.1. The van der Waals surface area contributed by atoms with Crippen LogP contribution in [0.15, 0.2) is 36.4 Å². The maximum absolute atomic E-state index is 13.6. The lowest BCUT2D eigenvalue weighted by Gasteiger charge is -2.19. The van der Waals surface area contributed by atoms with Gasteiger partial charge in [-0.1, -0.05) is 29.8 Å². The summed E-state index contributed by atoms with van der Waals surface area (Å²) in [6.45, 7) is 5.29. The fourth-order valence-corrected chi connectivity index (χ4v) is 2.89. The first-order valence-corrected chi connectivity index (χ1v) is 8.83. The number of nitrogens with one attached hydrogen (secondary N) is 2. The predicted octanol–water partition coefficient (Wildman–Crippen LogP) is 2.58. The monoisotopic (exact) mass is 385 g/mol. The molecule has 0 aliphatic heterocycles. The van der Waals surface area contributed by atoms with Crippen molar-refractivity contribution < 1.29 is 18.8 Å². The van der Waals surface area contributed by atoms with Crippen molar-refractivity contribution in [3.05, 3.63) is 64.5 Å². The van der Waals surface area contributed by atoms with Crippen LogP contribution >= 0.6 is 0 Å². The van der Waals surface area contributed by atoms with Crippen LogP contribution in [-0.4, -0.2) is 42.8 Å². The van der Waals surface area contributed by atoms with Crippen LogP contribution in [0.4, 0.5) is 10.1 Å². The van der Waals surface area contributed by atoms with Gasteiger partial charge >= 0.3 is 0 Å². The fourth-order valence-electron chi connectivity index (χ4n) is 2.89. The smallest absolute Gasteiger partial charge is 0.254 e. The van der Waals surface area contributed by atoms with Gasteiger partial charge in [0.1, 0.15) is 5.82 Å². The highest BCUT2D eigenvalue weighted by atomic mass is 19.1. The summed E-state index contributed by atoms with van der Waals surface area (Å²) in [7, 11) is 1.46. The van der Waals surface area contributed by atoms with Crippen molar-refractivity contribution in [1.29, 1.82) is 0 Å². The highest BCUT2D eigenvalue weighted by Crippen LogP contribution is 2.21. The van der Waals surface area contributed by atoms with E-state index in [1.54, 1.807) is 0 Å². The van der Waals surface area contributed by atoms with E-state index in [0.29, 0.717) is 0 Å². The zero-order valence-corrected chi connectivity index (χ0v) is 16.4. The fraction of sp³-hybridized carbons (Fsp3) is 0.286. The molecule has 2 aromatic rings. The van der Waals surface area contributed by atoms with Crippen molar-refractivity contribution in [1.82, 2.24) is 10.2 Å². The Morgan fingerprint density at radius 3 is 2.25 bits per heavy atom. The van der Waals surface area contributed by atoms with Crippen LogP contribution in [0.2, 0.25) is 0 Å². The number of anilines is 1. The molecule has 0 spiro atoms. The van der Waals surface area contributed by atoms with Gasteiger partial charge in [0.2, 0.25) is 11.8 Å². The van der Waals surface area contributed by atoms with Crippen LogP contribution < -0.4 is 10.6 Å². The average molecular weight is 385 g/mol. The second kappa shape index (κ2) is 9.12. The molecule has 2 aromatic carbocycles. The number of hydrogen-bond donors (Lipinski definition) is 2. The minimum Gasteiger partial charge on any atom is -0.343 e. The number of carbonyl (C=O) groups excluding carboxylic acids is 3. The van der Waals surface area contributed by atoms with Gasteiger partial charge in [0.25, 0.3) is 5.91 Å². The number of hydrogen-bond acceptors (Lipinski definition) is 3. The summed E-state index contributed by atoms with van der Waals surface area (Å²) < 4.78 is 13.6. The lowest BCUT2D eigenvalue weighted by Crippen LogP contribution is -2.41. The van der Waals surface area contributed by atoms with Crippen molar-refractivity contribution in [3.8, 4) is 0 Å². The van der Waals surface area contributed by atoms with E-state index < -0.39 is 17.6 Å².